The van der Waals surface area contributed by atoms with Crippen molar-refractivity contribution < 1.29 is 5.11 Å². The summed E-state index contributed by atoms with van der Waals surface area (Å²) in [5.41, 5.74) is 5.35. The molecule has 26 heavy (non-hydrogen) atoms. The zero-order valence-electron chi connectivity index (χ0n) is 14.9. The molecule has 7 rings (SSSR count). The zero-order valence-corrected chi connectivity index (χ0v) is 14.9. The fourth-order valence-corrected chi connectivity index (χ4v) is 5.80. The van der Waals surface area contributed by atoms with E-state index in [0.29, 0.717) is 11.6 Å². The van der Waals surface area contributed by atoms with Crippen LogP contribution >= 0.6 is 0 Å². The maximum absolute atomic E-state index is 9.72. The Labute approximate surface area is 152 Å². The van der Waals surface area contributed by atoms with Crippen LogP contribution in [0.25, 0.3) is 10.9 Å². The molecule has 0 amide bonds. The molecule has 0 radical (unpaired) electrons. The molecule has 132 valence electrons. The van der Waals surface area contributed by atoms with Gasteiger partial charge < -0.3 is 10.1 Å². The Balaban J connectivity index is 1.57. The van der Waals surface area contributed by atoms with Crippen LogP contribution in [0.2, 0.25) is 0 Å². The molecule has 1 aliphatic heterocycles. The van der Waals surface area contributed by atoms with Crippen LogP contribution in [0.3, 0.4) is 0 Å². The van der Waals surface area contributed by atoms with E-state index in [4.69, 9.17) is 0 Å². The van der Waals surface area contributed by atoms with Gasteiger partial charge in [-0.25, -0.2) is 0 Å². The number of fused-ring (bicyclic) bond motifs is 3. The number of H-pyrrole nitrogens is 1. The Kier molecular flexibility index (Phi) is 2.78. The average Bonchev–Trinajstić information content (AvgIpc) is 2.92. The fraction of sp³-hybridized carbons (Fsp3) is 0.409. The molecular formula is C22H23N3O. The summed E-state index contributed by atoms with van der Waals surface area (Å²) < 4.78 is 0. The molecule has 0 spiro atoms. The van der Waals surface area contributed by atoms with Crippen molar-refractivity contribution in [1.82, 2.24) is 14.9 Å². The highest BCUT2D eigenvalue weighted by atomic mass is 16.3. The highest BCUT2D eigenvalue weighted by Gasteiger charge is 2.63. The number of nitrogens with one attached hydrogen (secondary N) is 1. The second kappa shape index (κ2) is 4.89. The minimum atomic E-state index is 0.142. The minimum Gasteiger partial charge on any atom is -0.506 e. The van der Waals surface area contributed by atoms with Crippen LogP contribution in [0.1, 0.15) is 49.2 Å². The van der Waals surface area contributed by atoms with E-state index in [9.17, 15) is 5.11 Å². The molecule has 3 aliphatic carbocycles. The van der Waals surface area contributed by atoms with Crippen molar-refractivity contribution in [2.45, 2.75) is 50.2 Å². The maximum atomic E-state index is 9.72. The van der Waals surface area contributed by atoms with E-state index in [1.54, 1.807) is 12.3 Å². The predicted molar refractivity (Wildman–Crippen MR) is 101 cm³/mol. The summed E-state index contributed by atoms with van der Waals surface area (Å²) in [5.74, 6) is 1.17. The number of benzene rings is 1. The van der Waals surface area contributed by atoms with Crippen LogP contribution in [0.15, 0.2) is 42.6 Å². The topological polar surface area (TPSA) is 52.1 Å². The summed E-state index contributed by atoms with van der Waals surface area (Å²) in [6.45, 7) is 2.37. The van der Waals surface area contributed by atoms with E-state index in [2.05, 4.69) is 46.1 Å². The van der Waals surface area contributed by atoms with Crippen LogP contribution in [0.5, 0.6) is 5.75 Å². The van der Waals surface area contributed by atoms with Crippen molar-refractivity contribution in [2.24, 2.45) is 5.92 Å². The number of hydrogen-bond acceptors (Lipinski definition) is 3. The molecule has 3 fully saturated rings. The predicted octanol–water partition coefficient (Wildman–Crippen LogP) is 4.16. The first-order chi connectivity index (χ1) is 12.6. The van der Waals surface area contributed by atoms with Crippen molar-refractivity contribution >= 4 is 10.9 Å². The number of aromatic hydroxyl groups is 1. The van der Waals surface area contributed by atoms with Crippen molar-refractivity contribution in [2.75, 3.05) is 0 Å². The van der Waals surface area contributed by atoms with Crippen LogP contribution in [0.4, 0.5) is 0 Å². The van der Waals surface area contributed by atoms with Gasteiger partial charge in [0.05, 0.1) is 17.9 Å². The smallest absolute Gasteiger partial charge is 0.133 e. The molecule has 1 aromatic carbocycles. The standard InChI is InChI=1S/C22H23N3O/c1-13-8-17-16-4-2-3-5-18(16)24-20(17)21(19-7-6-15(26)12-23-19)25(13)22-9-14(10-22)11-22/h2-7,12-14,21,24,26H,8-11H2,1H3/t13-,14?,21-,22?/m1/s1. The van der Waals surface area contributed by atoms with Gasteiger partial charge >= 0.3 is 0 Å². The highest BCUT2D eigenvalue weighted by Crippen LogP contribution is 2.64. The Hall–Kier alpha value is -2.33. The third-order valence-electron chi connectivity index (χ3n) is 6.98. The van der Waals surface area contributed by atoms with Gasteiger partial charge in [0.15, 0.2) is 0 Å². The van der Waals surface area contributed by atoms with Crippen LogP contribution in [-0.4, -0.2) is 31.6 Å². The highest BCUT2D eigenvalue weighted by molar-refractivity contribution is 5.85. The van der Waals surface area contributed by atoms with E-state index < -0.39 is 0 Å². The van der Waals surface area contributed by atoms with Gasteiger partial charge in [-0.2, -0.15) is 0 Å². The van der Waals surface area contributed by atoms with Gasteiger partial charge in [-0.15, -0.1) is 0 Å². The third kappa shape index (κ3) is 1.80. The largest absolute Gasteiger partial charge is 0.506 e. The lowest BCUT2D eigenvalue weighted by Gasteiger charge is -2.69. The number of hydrogen-bond donors (Lipinski definition) is 2. The molecule has 2 aromatic heterocycles. The number of pyridine rings is 1. The number of nitrogens with zero attached hydrogens (tertiary/aromatic N) is 2. The minimum absolute atomic E-state index is 0.142. The molecule has 2 N–H and O–H groups in total. The van der Waals surface area contributed by atoms with Gasteiger partial charge in [0.1, 0.15) is 5.75 Å². The van der Waals surface area contributed by atoms with Crippen LogP contribution in [-0.2, 0) is 6.42 Å². The van der Waals surface area contributed by atoms with Crippen LogP contribution < -0.4 is 0 Å². The van der Waals surface area contributed by atoms with Crippen molar-refractivity contribution in [3.63, 3.8) is 0 Å². The molecule has 4 aliphatic rings. The summed E-state index contributed by atoms with van der Waals surface area (Å²) in [4.78, 5) is 11.1. The van der Waals surface area contributed by atoms with Gasteiger partial charge in [0, 0.05) is 28.2 Å². The first-order valence-corrected chi connectivity index (χ1v) is 9.67. The lowest BCUT2D eigenvalue weighted by atomic mass is 9.48. The molecule has 4 heteroatoms. The fourth-order valence-electron chi connectivity index (χ4n) is 5.80. The van der Waals surface area contributed by atoms with E-state index in [1.165, 1.54) is 41.4 Å². The molecule has 0 saturated heterocycles. The number of aromatic amines is 1. The lowest BCUT2D eigenvalue weighted by Crippen LogP contribution is -2.71. The summed E-state index contributed by atoms with van der Waals surface area (Å²) in [7, 11) is 0. The Morgan fingerprint density at radius 1 is 1.15 bits per heavy atom. The van der Waals surface area contributed by atoms with E-state index >= 15 is 0 Å². The van der Waals surface area contributed by atoms with Crippen LogP contribution in [0, 0.1) is 5.92 Å². The molecule has 3 heterocycles. The monoisotopic (exact) mass is 345 g/mol. The lowest BCUT2D eigenvalue weighted by molar-refractivity contribution is -0.174. The molecule has 3 aromatic rings. The molecular weight excluding hydrogens is 322 g/mol. The van der Waals surface area contributed by atoms with E-state index in [1.807, 2.05) is 6.07 Å². The average molecular weight is 345 g/mol. The van der Waals surface area contributed by atoms with Gasteiger partial charge in [0.25, 0.3) is 0 Å². The van der Waals surface area contributed by atoms with Crippen molar-refractivity contribution in [1.29, 1.82) is 0 Å². The van der Waals surface area contributed by atoms with Gasteiger partial charge in [-0.05, 0) is 62.3 Å². The molecule has 4 nitrogen and oxygen atoms in total. The first kappa shape index (κ1) is 14.8. The Morgan fingerprint density at radius 3 is 2.65 bits per heavy atom. The van der Waals surface area contributed by atoms with Gasteiger partial charge in [0.2, 0.25) is 0 Å². The molecule has 2 atom stereocenters. The summed E-state index contributed by atoms with van der Waals surface area (Å²) in [6, 6.07) is 13.0. The normalized spacial score (nSPS) is 32.7. The SMILES string of the molecule is C[C@@H]1Cc2c([nH]c3ccccc23)[C@@H](c2ccc(O)cn2)N1C12CC(C1)C2. The van der Waals surface area contributed by atoms with Crippen molar-refractivity contribution in [3.05, 3.63) is 59.5 Å². The zero-order chi connectivity index (χ0) is 17.5. The Bertz CT molecular complexity index is 989. The molecule has 2 bridgehead atoms. The molecule has 0 unspecified atom stereocenters. The number of rotatable bonds is 2. The quantitative estimate of drug-likeness (QED) is 0.733. The summed E-state index contributed by atoms with van der Waals surface area (Å²) >= 11 is 0. The third-order valence-corrected chi connectivity index (χ3v) is 6.98. The Morgan fingerprint density at radius 2 is 1.96 bits per heavy atom. The second-order valence-electron chi connectivity index (χ2n) is 8.57. The van der Waals surface area contributed by atoms with Crippen molar-refractivity contribution in [3.8, 4) is 5.75 Å². The summed E-state index contributed by atoms with van der Waals surface area (Å²) in [5, 5.41) is 11.1. The van der Waals surface area contributed by atoms with E-state index in [-0.39, 0.29) is 11.8 Å². The molecule has 3 saturated carbocycles. The summed E-state index contributed by atoms with van der Waals surface area (Å²) in [6.07, 6.45) is 6.67. The number of aromatic nitrogens is 2. The maximum Gasteiger partial charge on any atom is 0.133 e. The second-order valence-corrected chi connectivity index (χ2v) is 8.57. The first-order valence-electron chi connectivity index (χ1n) is 9.67. The van der Waals surface area contributed by atoms with E-state index in [0.717, 1.165) is 18.0 Å². The van der Waals surface area contributed by atoms with Gasteiger partial charge in [-0.3, -0.25) is 9.88 Å². The van der Waals surface area contributed by atoms with Gasteiger partial charge in [-0.1, -0.05) is 18.2 Å². The number of para-hydroxylation sites is 1.